The predicted molar refractivity (Wildman–Crippen MR) is 65.3 cm³/mol. The number of hydrogen-bond donors (Lipinski definition) is 2. The molecule has 90 valence electrons. The highest BCUT2D eigenvalue weighted by Gasteiger charge is 2.13. The van der Waals surface area contributed by atoms with Gasteiger partial charge in [0.1, 0.15) is 0 Å². The standard InChI is InChI=1S/C12H22N4/c1-11(10-16-8-2-5-15-16)14-9-12-3-6-13-7-4-12/h2,5,8,11-14H,3-4,6-7,9-10H2,1H3. The first-order valence-corrected chi connectivity index (χ1v) is 6.26. The van der Waals surface area contributed by atoms with Crippen LogP contribution >= 0.6 is 0 Å². The van der Waals surface area contributed by atoms with Crippen molar-refractivity contribution >= 4 is 0 Å². The van der Waals surface area contributed by atoms with Crippen LogP contribution in [0.15, 0.2) is 18.5 Å². The van der Waals surface area contributed by atoms with E-state index in [1.807, 2.05) is 23.1 Å². The quantitative estimate of drug-likeness (QED) is 0.776. The van der Waals surface area contributed by atoms with Crippen molar-refractivity contribution < 1.29 is 0 Å². The Morgan fingerprint density at radius 2 is 2.31 bits per heavy atom. The summed E-state index contributed by atoms with van der Waals surface area (Å²) < 4.78 is 1.99. The van der Waals surface area contributed by atoms with E-state index in [0.717, 1.165) is 19.0 Å². The zero-order chi connectivity index (χ0) is 11.2. The van der Waals surface area contributed by atoms with E-state index in [1.54, 1.807) is 0 Å². The van der Waals surface area contributed by atoms with Crippen LogP contribution in [0.25, 0.3) is 0 Å². The summed E-state index contributed by atoms with van der Waals surface area (Å²) in [4.78, 5) is 0. The highest BCUT2D eigenvalue weighted by molar-refractivity contribution is 4.79. The smallest absolute Gasteiger partial charge is 0.0559 e. The Kier molecular flexibility index (Phi) is 4.36. The lowest BCUT2D eigenvalue weighted by molar-refractivity contribution is 0.332. The van der Waals surface area contributed by atoms with Crippen molar-refractivity contribution in [3.05, 3.63) is 18.5 Å². The summed E-state index contributed by atoms with van der Waals surface area (Å²) >= 11 is 0. The number of nitrogens with zero attached hydrogens (tertiary/aromatic N) is 2. The van der Waals surface area contributed by atoms with Gasteiger partial charge in [0.2, 0.25) is 0 Å². The van der Waals surface area contributed by atoms with Gasteiger partial charge in [-0.1, -0.05) is 0 Å². The van der Waals surface area contributed by atoms with Crippen molar-refractivity contribution in [1.82, 2.24) is 20.4 Å². The van der Waals surface area contributed by atoms with Crippen molar-refractivity contribution in [3.63, 3.8) is 0 Å². The van der Waals surface area contributed by atoms with Crippen LogP contribution in [-0.4, -0.2) is 35.5 Å². The molecule has 1 aliphatic rings. The Balaban J connectivity index is 1.65. The monoisotopic (exact) mass is 222 g/mol. The van der Waals surface area contributed by atoms with Crippen LogP contribution in [0.4, 0.5) is 0 Å². The fourth-order valence-electron chi connectivity index (χ4n) is 2.21. The van der Waals surface area contributed by atoms with Gasteiger partial charge in [0.15, 0.2) is 0 Å². The minimum atomic E-state index is 0.495. The van der Waals surface area contributed by atoms with Crippen molar-refractivity contribution in [2.45, 2.75) is 32.4 Å². The molecule has 1 fully saturated rings. The Hall–Kier alpha value is -0.870. The summed E-state index contributed by atoms with van der Waals surface area (Å²) in [6, 6.07) is 2.47. The van der Waals surface area contributed by atoms with Crippen LogP contribution in [0, 0.1) is 5.92 Å². The number of nitrogens with one attached hydrogen (secondary N) is 2. The lowest BCUT2D eigenvalue weighted by Crippen LogP contribution is -2.38. The van der Waals surface area contributed by atoms with Crippen LogP contribution in [0.1, 0.15) is 19.8 Å². The van der Waals surface area contributed by atoms with E-state index in [2.05, 4.69) is 22.7 Å². The molecule has 2 heterocycles. The molecule has 16 heavy (non-hydrogen) atoms. The molecule has 0 aliphatic carbocycles. The van der Waals surface area contributed by atoms with Crippen molar-refractivity contribution in [2.75, 3.05) is 19.6 Å². The normalized spacial score (nSPS) is 19.8. The van der Waals surface area contributed by atoms with Crippen LogP contribution < -0.4 is 10.6 Å². The van der Waals surface area contributed by atoms with Gasteiger partial charge in [-0.05, 0) is 51.4 Å². The summed E-state index contributed by atoms with van der Waals surface area (Å²) in [6.07, 6.45) is 6.46. The van der Waals surface area contributed by atoms with Crippen molar-refractivity contribution in [1.29, 1.82) is 0 Å². The molecule has 1 saturated heterocycles. The molecule has 1 aromatic heterocycles. The number of rotatable bonds is 5. The van der Waals surface area contributed by atoms with Gasteiger partial charge in [0.05, 0.1) is 6.54 Å². The van der Waals surface area contributed by atoms with E-state index in [-0.39, 0.29) is 0 Å². The molecule has 1 unspecified atom stereocenters. The second kappa shape index (κ2) is 6.01. The minimum absolute atomic E-state index is 0.495. The first-order chi connectivity index (χ1) is 7.84. The third kappa shape index (κ3) is 3.61. The molecule has 0 aromatic carbocycles. The van der Waals surface area contributed by atoms with Gasteiger partial charge in [-0.25, -0.2) is 0 Å². The van der Waals surface area contributed by atoms with Gasteiger partial charge < -0.3 is 10.6 Å². The Labute approximate surface area is 97.4 Å². The molecule has 1 atom stereocenters. The summed E-state index contributed by atoms with van der Waals surface area (Å²) in [5, 5.41) is 11.2. The van der Waals surface area contributed by atoms with Gasteiger partial charge >= 0.3 is 0 Å². The second-order valence-electron chi connectivity index (χ2n) is 4.73. The average Bonchev–Trinajstić information content (AvgIpc) is 2.81. The molecular weight excluding hydrogens is 200 g/mol. The molecule has 0 spiro atoms. The van der Waals surface area contributed by atoms with Crippen molar-refractivity contribution in [2.24, 2.45) is 5.92 Å². The summed E-state index contributed by atoms with van der Waals surface area (Å²) in [5.41, 5.74) is 0. The molecule has 2 rings (SSSR count). The van der Waals surface area contributed by atoms with Crippen LogP contribution in [-0.2, 0) is 6.54 Å². The van der Waals surface area contributed by atoms with Crippen molar-refractivity contribution in [3.8, 4) is 0 Å². The van der Waals surface area contributed by atoms with Crippen LogP contribution in [0.2, 0.25) is 0 Å². The minimum Gasteiger partial charge on any atom is -0.317 e. The number of hydrogen-bond acceptors (Lipinski definition) is 3. The lowest BCUT2D eigenvalue weighted by Gasteiger charge is -2.24. The molecule has 4 nitrogen and oxygen atoms in total. The molecule has 4 heteroatoms. The average molecular weight is 222 g/mol. The SMILES string of the molecule is CC(Cn1cccn1)NCC1CCNCC1. The Bertz CT molecular complexity index is 277. The van der Waals surface area contributed by atoms with Crippen LogP contribution in [0.3, 0.4) is 0 Å². The molecule has 1 aliphatic heterocycles. The first-order valence-electron chi connectivity index (χ1n) is 6.26. The molecule has 0 radical (unpaired) electrons. The van der Waals surface area contributed by atoms with Gasteiger partial charge in [-0.3, -0.25) is 4.68 Å². The number of piperidine rings is 1. The number of aromatic nitrogens is 2. The summed E-state index contributed by atoms with van der Waals surface area (Å²) in [6.45, 7) is 6.69. The van der Waals surface area contributed by atoms with E-state index in [9.17, 15) is 0 Å². The van der Waals surface area contributed by atoms with E-state index in [0.29, 0.717) is 6.04 Å². The zero-order valence-electron chi connectivity index (χ0n) is 10.0. The lowest BCUT2D eigenvalue weighted by atomic mass is 9.98. The first kappa shape index (κ1) is 11.6. The van der Waals surface area contributed by atoms with Gasteiger partial charge in [0, 0.05) is 18.4 Å². The van der Waals surface area contributed by atoms with E-state index in [4.69, 9.17) is 0 Å². The molecule has 0 amide bonds. The van der Waals surface area contributed by atoms with E-state index < -0.39 is 0 Å². The zero-order valence-corrected chi connectivity index (χ0v) is 10.0. The maximum atomic E-state index is 4.22. The Morgan fingerprint density at radius 1 is 1.50 bits per heavy atom. The fraction of sp³-hybridized carbons (Fsp3) is 0.750. The molecule has 0 saturated carbocycles. The third-order valence-corrected chi connectivity index (χ3v) is 3.23. The Morgan fingerprint density at radius 3 is 3.00 bits per heavy atom. The van der Waals surface area contributed by atoms with Gasteiger partial charge in [-0.2, -0.15) is 5.10 Å². The van der Waals surface area contributed by atoms with E-state index >= 15 is 0 Å². The topological polar surface area (TPSA) is 41.9 Å². The molecule has 2 N–H and O–H groups in total. The summed E-state index contributed by atoms with van der Waals surface area (Å²) in [7, 11) is 0. The third-order valence-electron chi connectivity index (χ3n) is 3.23. The predicted octanol–water partition coefficient (Wildman–Crippen LogP) is 0.861. The molecule has 1 aromatic rings. The maximum absolute atomic E-state index is 4.22. The fourth-order valence-corrected chi connectivity index (χ4v) is 2.21. The van der Waals surface area contributed by atoms with E-state index in [1.165, 1.54) is 25.9 Å². The molecule has 0 bridgehead atoms. The second-order valence-corrected chi connectivity index (χ2v) is 4.73. The highest BCUT2D eigenvalue weighted by Crippen LogP contribution is 2.10. The molecular formula is C12H22N4. The summed E-state index contributed by atoms with van der Waals surface area (Å²) in [5.74, 6) is 0.848. The van der Waals surface area contributed by atoms with Gasteiger partial charge in [0.25, 0.3) is 0 Å². The largest absolute Gasteiger partial charge is 0.317 e. The van der Waals surface area contributed by atoms with Crippen LogP contribution in [0.5, 0.6) is 0 Å². The highest BCUT2D eigenvalue weighted by atomic mass is 15.3. The van der Waals surface area contributed by atoms with Gasteiger partial charge in [-0.15, -0.1) is 0 Å². The maximum Gasteiger partial charge on any atom is 0.0559 e.